The summed E-state index contributed by atoms with van der Waals surface area (Å²) in [6, 6.07) is 12.2. The summed E-state index contributed by atoms with van der Waals surface area (Å²) in [6.07, 6.45) is 2.42. The third-order valence-electron chi connectivity index (χ3n) is 4.15. The van der Waals surface area contributed by atoms with Crippen molar-refractivity contribution in [1.82, 2.24) is 24.9 Å². The van der Waals surface area contributed by atoms with Gasteiger partial charge in [-0.15, -0.1) is 10.2 Å². The maximum absolute atomic E-state index is 5.46. The Morgan fingerprint density at radius 1 is 1.11 bits per heavy atom. The zero-order chi connectivity index (χ0) is 18.6. The minimum Gasteiger partial charge on any atom is -0.469 e. The van der Waals surface area contributed by atoms with Gasteiger partial charge in [-0.25, -0.2) is 0 Å². The molecule has 7 nitrogen and oxygen atoms in total. The standard InChI is InChI=1S/C19H19N5O2S/c1-3-16-20-17(26-23-16)12-27-19-22-21-18(15-9-10-25-13(15)2)24(19)11-14-7-5-4-6-8-14/h4-10H,3,11-12H2,1-2H3. The lowest BCUT2D eigenvalue weighted by Gasteiger charge is -2.09. The van der Waals surface area contributed by atoms with Crippen molar-refractivity contribution >= 4 is 11.8 Å². The Hall–Kier alpha value is -2.87. The van der Waals surface area contributed by atoms with E-state index in [0.717, 1.165) is 28.7 Å². The van der Waals surface area contributed by atoms with Crippen molar-refractivity contribution in [2.45, 2.75) is 37.7 Å². The van der Waals surface area contributed by atoms with E-state index in [1.807, 2.05) is 38.1 Å². The van der Waals surface area contributed by atoms with E-state index in [0.29, 0.717) is 24.0 Å². The number of hydrogen-bond acceptors (Lipinski definition) is 7. The van der Waals surface area contributed by atoms with E-state index in [4.69, 9.17) is 8.94 Å². The van der Waals surface area contributed by atoms with Gasteiger partial charge in [-0.1, -0.05) is 54.2 Å². The van der Waals surface area contributed by atoms with Gasteiger partial charge in [0, 0.05) is 6.42 Å². The molecule has 0 bridgehead atoms. The van der Waals surface area contributed by atoms with Gasteiger partial charge in [-0.2, -0.15) is 4.98 Å². The quantitative estimate of drug-likeness (QED) is 0.445. The first-order chi connectivity index (χ1) is 13.2. The van der Waals surface area contributed by atoms with Crippen LogP contribution < -0.4 is 0 Å². The van der Waals surface area contributed by atoms with Crippen LogP contribution in [0.3, 0.4) is 0 Å². The van der Waals surface area contributed by atoms with Crippen LogP contribution in [0.4, 0.5) is 0 Å². The summed E-state index contributed by atoms with van der Waals surface area (Å²) in [5.41, 5.74) is 2.11. The van der Waals surface area contributed by atoms with Gasteiger partial charge in [0.1, 0.15) is 5.76 Å². The summed E-state index contributed by atoms with van der Waals surface area (Å²) in [4.78, 5) is 4.36. The number of rotatable bonds is 7. The number of aromatic nitrogens is 5. The first-order valence-electron chi connectivity index (χ1n) is 8.70. The topological polar surface area (TPSA) is 82.8 Å². The SMILES string of the molecule is CCc1noc(CSc2nnc(-c3ccoc3C)n2Cc2ccccc2)n1. The molecule has 0 spiro atoms. The van der Waals surface area contributed by atoms with E-state index in [1.165, 1.54) is 17.3 Å². The van der Waals surface area contributed by atoms with Crippen molar-refractivity contribution in [3.05, 3.63) is 65.7 Å². The van der Waals surface area contributed by atoms with Gasteiger partial charge >= 0.3 is 0 Å². The van der Waals surface area contributed by atoms with Crippen LogP contribution in [-0.2, 0) is 18.7 Å². The highest BCUT2D eigenvalue weighted by atomic mass is 32.2. The predicted octanol–water partition coefficient (Wildman–Crippen LogP) is 4.13. The summed E-state index contributed by atoms with van der Waals surface area (Å²) in [6.45, 7) is 4.59. The fourth-order valence-electron chi connectivity index (χ4n) is 2.74. The third-order valence-corrected chi connectivity index (χ3v) is 5.10. The van der Waals surface area contributed by atoms with Crippen LogP contribution in [-0.4, -0.2) is 24.9 Å². The van der Waals surface area contributed by atoms with Gasteiger partial charge in [0.25, 0.3) is 0 Å². The third kappa shape index (κ3) is 3.80. The second kappa shape index (κ2) is 7.79. The fourth-order valence-corrected chi connectivity index (χ4v) is 3.51. The zero-order valence-corrected chi connectivity index (χ0v) is 15.9. The zero-order valence-electron chi connectivity index (χ0n) is 15.1. The van der Waals surface area contributed by atoms with Crippen LogP contribution in [0, 0.1) is 6.92 Å². The number of aryl methyl sites for hydroxylation is 2. The van der Waals surface area contributed by atoms with E-state index in [1.54, 1.807) is 6.26 Å². The minimum absolute atomic E-state index is 0.546. The first kappa shape index (κ1) is 17.5. The van der Waals surface area contributed by atoms with Crippen LogP contribution in [0.1, 0.15) is 30.0 Å². The number of hydrogen-bond donors (Lipinski definition) is 0. The molecule has 0 radical (unpaired) electrons. The first-order valence-corrected chi connectivity index (χ1v) is 9.69. The predicted molar refractivity (Wildman–Crippen MR) is 101 cm³/mol. The Balaban J connectivity index is 1.64. The maximum Gasteiger partial charge on any atom is 0.237 e. The molecule has 138 valence electrons. The molecule has 0 unspecified atom stereocenters. The molecule has 0 saturated heterocycles. The molecule has 4 rings (SSSR count). The molecular formula is C19H19N5O2S. The van der Waals surface area contributed by atoms with Crippen molar-refractivity contribution in [2.24, 2.45) is 0 Å². The molecule has 1 aromatic carbocycles. The van der Waals surface area contributed by atoms with E-state index < -0.39 is 0 Å². The lowest BCUT2D eigenvalue weighted by molar-refractivity contribution is 0.385. The van der Waals surface area contributed by atoms with Crippen molar-refractivity contribution in [2.75, 3.05) is 0 Å². The summed E-state index contributed by atoms with van der Waals surface area (Å²) in [7, 11) is 0. The second-order valence-corrected chi connectivity index (χ2v) is 6.96. The van der Waals surface area contributed by atoms with Crippen LogP contribution >= 0.6 is 11.8 Å². The number of furan rings is 1. The molecule has 0 aliphatic rings. The van der Waals surface area contributed by atoms with Crippen LogP contribution in [0.5, 0.6) is 0 Å². The molecule has 8 heteroatoms. The highest BCUT2D eigenvalue weighted by Crippen LogP contribution is 2.29. The highest BCUT2D eigenvalue weighted by Gasteiger charge is 2.18. The molecule has 3 aromatic heterocycles. The minimum atomic E-state index is 0.546. The van der Waals surface area contributed by atoms with Gasteiger partial charge in [0.05, 0.1) is 24.1 Å². The van der Waals surface area contributed by atoms with Crippen molar-refractivity contribution < 1.29 is 8.94 Å². The maximum atomic E-state index is 5.46. The van der Waals surface area contributed by atoms with Crippen LogP contribution in [0.2, 0.25) is 0 Å². The van der Waals surface area contributed by atoms with Gasteiger partial charge in [0.15, 0.2) is 16.8 Å². The van der Waals surface area contributed by atoms with Crippen molar-refractivity contribution in [3.8, 4) is 11.4 Å². The molecule has 0 aliphatic carbocycles. The normalized spacial score (nSPS) is 11.2. The monoisotopic (exact) mass is 381 g/mol. The molecule has 4 aromatic rings. The van der Waals surface area contributed by atoms with Gasteiger partial charge < -0.3 is 8.94 Å². The molecule has 27 heavy (non-hydrogen) atoms. The Kier molecular flexibility index (Phi) is 5.06. The van der Waals surface area contributed by atoms with E-state index in [2.05, 4.69) is 37.0 Å². The molecule has 0 amide bonds. The van der Waals surface area contributed by atoms with E-state index in [9.17, 15) is 0 Å². The van der Waals surface area contributed by atoms with Gasteiger partial charge in [-0.05, 0) is 18.6 Å². The Bertz CT molecular complexity index is 1020. The lowest BCUT2D eigenvalue weighted by atomic mass is 10.2. The van der Waals surface area contributed by atoms with Crippen molar-refractivity contribution in [1.29, 1.82) is 0 Å². The molecule has 0 atom stereocenters. The van der Waals surface area contributed by atoms with E-state index >= 15 is 0 Å². The second-order valence-electron chi connectivity index (χ2n) is 6.01. The molecular weight excluding hydrogens is 362 g/mol. The van der Waals surface area contributed by atoms with Crippen LogP contribution in [0.15, 0.2) is 56.8 Å². The number of nitrogens with zero attached hydrogens (tertiary/aromatic N) is 5. The Morgan fingerprint density at radius 2 is 1.96 bits per heavy atom. The summed E-state index contributed by atoms with van der Waals surface area (Å²) < 4.78 is 12.8. The fraction of sp³-hybridized carbons (Fsp3) is 0.263. The molecule has 3 heterocycles. The smallest absolute Gasteiger partial charge is 0.237 e. The van der Waals surface area contributed by atoms with Gasteiger partial charge in [-0.3, -0.25) is 4.57 Å². The summed E-state index contributed by atoms with van der Waals surface area (Å²) >= 11 is 1.53. The van der Waals surface area contributed by atoms with Crippen LogP contribution in [0.25, 0.3) is 11.4 Å². The van der Waals surface area contributed by atoms with Gasteiger partial charge in [0.2, 0.25) is 5.89 Å². The average molecular weight is 381 g/mol. The average Bonchev–Trinajstić information content (AvgIpc) is 3.41. The Labute approximate surface area is 160 Å². The molecule has 0 aliphatic heterocycles. The lowest BCUT2D eigenvalue weighted by Crippen LogP contribution is -2.04. The highest BCUT2D eigenvalue weighted by molar-refractivity contribution is 7.98. The summed E-state index contributed by atoms with van der Waals surface area (Å²) in [5.74, 6) is 3.45. The number of thioether (sulfide) groups is 1. The Morgan fingerprint density at radius 3 is 2.67 bits per heavy atom. The largest absolute Gasteiger partial charge is 0.469 e. The molecule has 0 N–H and O–H groups in total. The number of benzene rings is 1. The van der Waals surface area contributed by atoms with E-state index in [-0.39, 0.29) is 0 Å². The summed E-state index contributed by atoms with van der Waals surface area (Å²) in [5, 5.41) is 13.5. The molecule has 0 saturated carbocycles. The molecule has 0 fully saturated rings. The van der Waals surface area contributed by atoms with Crippen molar-refractivity contribution in [3.63, 3.8) is 0 Å².